The van der Waals surface area contributed by atoms with E-state index in [1.165, 1.54) is 21.8 Å². The topological polar surface area (TPSA) is 69.9 Å². The summed E-state index contributed by atoms with van der Waals surface area (Å²) in [7, 11) is 0. The Morgan fingerprint density at radius 1 is 1.26 bits per heavy atom. The summed E-state index contributed by atoms with van der Waals surface area (Å²) in [6, 6.07) is 10.6. The van der Waals surface area contributed by atoms with Crippen molar-refractivity contribution in [3.63, 3.8) is 0 Å². The van der Waals surface area contributed by atoms with Crippen molar-refractivity contribution in [3.8, 4) is 5.75 Å². The molecular weight excluding hydrogens is 316 g/mol. The van der Waals surface area contributed by atoms with Crippen molar-refractivity contribution in [2.45, 2.75) is 13.0 Å². The van der Waals surface area contributed by atoms with Crippen molar-refractivity contribution >= 4 is 22.3 Å². The number of ether oxygens (including phenoxy) is 2. The number of carbonyl (C=O) groups is 1. The van der Waals surface area contributed by atoms with E-state index in [1.807, 2.05) is 30.3 Å². The summed E-state index contributed by atoms with van der Waals surface area (Å²) < 4.78 is 12.0. The molecule has 3 rings (SSSR count). The second-order valence-corrected chi connectivity index (χ2v) is 5.59. The molecule has 2 aromatic heterocycles. The Balaban J connectivity index is 1.49. The number of carbonyl (C=O) groups excluding carboxylic acids is 1. The fraction of sp³-hybridized carbons (Fsp3) is 0.188. The molecule has 0 radical (unpaired) electrons. The minimum atomic E-state index is -0.394. The highest BCUT2D eigenvalue weighted by molar-refractivity contribution is 7.15. The van der Waals surface area contributed by atoms with Crippen LogP contribution in [-0.4, -0.2) is 22.0 Å². The summed E-state index contributed by atoms with van der Waals surface area (Å²) in [4.78, 5) is 28.3. The number of thiazole rings is 1. The highest BCUT2D eigenvalue weighted by Crippen LogP contribution is 2.09. The first-order chi connectivity index (χ1) is 11.2. The molecule has 0 spiro atoms. The third kappa shape index (κ3) is 3.95. The largest absolute Gasteiger partial charge is 0.493 e. The number of fused-ring (bicyclic) bond motifs is 1. The molecule has 0 aliphatic heterocycles. The van der Waals surface area contributed by atoms with Crippen LogP contribution in [0, 0.1) is 0 Å². The van der Waals surface area contributed by atoms with E-state index in [0.29, 0.717) is 16.4 Å². The fourth-order valence-corrected chi connectivity index (χ4v) is 2.70. The van der Waals surface area contributed by atoms with Crippen LogP contribution < -0.4 is 10.3 Å². The number of esters is 1. The smallest absolute Gasteiger partial charge is 0.309 e. The quantitative estimate of drug-likeness (QED) is 0.649. The van der Waals surface area contributed by atoms with E-state index >= 15 is 0 Å². The molecular formula is C16H14N2O4S. The third-order valence-electron chi connectivity index (χ3n) is 3.06. The van der Waals surface area contributed by atoms with Crippen molar-refractivity contribution in [2.24, 2.45) is 0 Å². The molecule has 0 saturated heterocycles. The predicted molar refractivity (Wildman–Crippen MR) is 85.7 cm³/mol. The SMILES string of the molecule is O=C(CCOc1ccccc1)OCc1cc(=O)n2ccsc2n1. The zero-order valence-electron chi connectivity index (χ0n) is 12.2. The Kier molecular flexibility index (Phi) is 4.68. The molecule has 0 atom stereocenters. The van der Waals surface area contributed by atoms with Crippen LogP contribution in [0.3, 0.4) is 0 Å². The van der Waals surface area contributed by atoms with Gasteiger partial charge in [0.05, 0.1) is 18.7 Å². The van der Waals surface area contributed by atoms with Gasteiger partial charge in [0.15, 0.2) is 4.96 Å². The minimum absolute atomic E-state index is 0.0200. The number of aromatic nitrogens is 2. The van der Waals surface area contributed by atoms with Gasteiger partial charge >= 0.3 is 5.97 Å². The van der Waals surface area contributed by atoms with Crippen LogP contribution in [0.4, 0.5) is 0 Å². The van der Waals surface area contributed by atoms with Gasteiger partial charge in [0.25, 0.3) is 5.56 Å². The molecule has 0 N–H and O–H groups in total. The summed E-state index contributed by atoms with van der Waals surface area (Å²) >= 11 is 1.35. The fourth-order valence-electron chi connectivity index (χ4n) is 1.96. The van der Waals surface area contributed by atoms with Crippen LogP contribution in [0.25, 0.3) is 4.96 Å². The van der Waals surface area contributed by atoms with Crippen molar-refractivity contribution in [3.05, 3.63) is 64.0 Å². The molecule has 0 aliphatic carbocycles. The van der Waals surface area contributed by atoms with Crippen molar-refractivity contribution < 1.29 is 14.3 Å². The van der Waals surface area contributed by atoms with Crippen LogP contribution in [0.15, 0.2) is 52.8 Å². The van der Waals surface area contributed by atoms with E-state index in [-0.39, 0.29) is 25.2 Å². The predicted octanol–water partition coefficient (Wildman–Crippen LogP) is 2.27. The summed E-state index contributed by atoms with van der Waals surface area (Å²) in [5.41, 5.74) is 0.254. The first kappa shape index (κ1) is 15.2. The zero-order valence-corrected chi connectivity index (χ0v) is 13.0. The Morgan fingerprint density at radius 3 is 2.91 bits per heavy atom. The lowest BCUT2D eigenvalue weighted by Crippen LogP contribution is -2.15. The van der Waals surface area contributed by atoms with Crippen molar-refractivity contribution in [1.82, 2.24) is 9.38 Å². The van der Waals surface area contributed by atoms with Gasteiger partial charge in [-0.3, -0.25) is 14.0 Å². The van der Waals surface area contributed by atoms with Gasteiger partial charge in [-0.05, 0) is 12.1 Å². The van der Waals surface area contributed by atoms with Crippen molar-refractivity contribution in [2.75, 3.05) is 6.61 Å². The third-order valence-corrected chi connectivity index (χ3v) is 3.81. The average Bonchev–Trinajstić information content (AvgIpc) is 3.03. The van der Waals surface area contributed by atoms with Crippen LogP contribution in [-0.2, 0) is 16.1 Å². The van der Waals surface area contributed by atoms with Gasteiger partial charge < -0.3 is 9.47 Å². The van der Waals surface area contributed by atoms with E-state index < -0.39 is 5.97 Å². The second kappa shape index (κ2) is 7.06. The van der Waals surface area contributed by atoms with Gasteiger partial charge in [-0.2, -0.15) is 0 Å². The molecule has 6 nitrogen and oxygen atoms in total. The van der Waals surface area contributed by atoms with Crippen molar-refractivity contribution in [1.29, 1.82) is 0 Å². The highest BCUT2D eigenvalue weighted by atomic mass is 32.1. The monoisotopic (exact) mass is 330 g/mol. The normalized spacial score (nSPS) is 10.6. The molecule has 1 aromatic carbocycles. The Morgan fingerprint density at radius 2 is 2.09 bits per heavy atom. The van der Waals surface area contributed by atoms with E-state index in [2.05, 4.69) is 4.98 Å². The Bertz CT molecular complexity index is 857. The Labute approximate surface area is 135 Å². The number of nitrogens with zero attached hydrogens (tertiary/aromatic N) is 2. The van der Waals surface area contributed by atoms with Gasteiger partial charge in [0.2, 0.25) is 0 Å². The number of hydrogen-bond donors (Lipinski definition) is 0. The molecule has 23 heavy (non-hydrogen) atoms. The lowest BCUT2D eigenvalue weighted by molar-refractivity contribution is -0.145. The molecule has 0 amide bonds. The van der Waals surface area contributed by atoms with Gasteiger partial charge in [0.1, 0.15) is 12.4 Å². The van der Waals surface area contributed by atoms with Crippen LogP contribution in [0.5, 0.6) is 5.75 Å². The number of hydrogen-bond acceptors (Lipinski definition) is 6. The molecule has 0 aliphatic rings. The van der Waals surface area contributed by atoms with Gasteiger partial charge in [-0.1, -0.05) is 18.2 Å². The molecule has 0 bridgehead atoms. The molecule has 0 unspecified atom stereocenters. The lowest BCUT2D eigenvalue weighted by atomic mass is 10.3. The zero-order chi connectivity index (χ0) is 16.1. The number of benzene rings is 1. The minimum Gasteiger partial charge on any atom is -0.493 e. The Hall–Kier alpha value is -2.67. The lowest BCUT2D eigenvalue weighted by Gasteiger charge is -2.06. The van der Waals surface area contributed by atoms with Gasteiger partial charge in [0, 0.05) is 17.6 Å². The van der Waals surface area contributed by atoms with E-state index in [9.17, 15) is 9.59 Å². The first-order valence-electron chi connectivity index (χ1n) is 7.01. The summed E-state index contributed by atoms with van der Waals surface area (Å²) in [5, 5.41) is 1.78. The van der Waals surface area contributed by atoms with E-state index in [1.54, 1.807) is 11.6 Å². The molecule has 3 aromatic rings. The van der Waals surface area contributed by atoms with Gasteiger partial charge in [-0.25, -0.2) is 4.98 Å². The average molecular weight is 330 g/mol. The molecule has 0 saturated carbocycles. The molecule has 0 fully saturated rings. The summed E-state index contributed by atoms with van der Waals surface area (Å²) in [6.45, 7) is 0.219. The summed E-state index contributed by atoms with van der Waals surface area (Å²) in [6.07, 6.45) is 1.79. The standard InChI is InChI=1S/C16H14N2O4S/c19-14-10-12(17-16-18(14)7-9-23-16)11-22-15(20)6-8-21-13-4-2-1-3-5-13/h1-5,7,9-10H,6,8,11H2. The highest BCUT2D eigenvalue weighted by Gasteiger charge is 2.07. The first-order valence-corrected chi connectivity index (χ1v) is 7.89. The van der Waals surface area contributed by atoms with Crippen LogP contribution in [0.2, 0.25) is 0 Å². The maximum absolute atomic E-state index is 11.8. The molecule has 2 heterocycles. The van der Waals surface area contributed by atoms with Crippen LogP contribution in [0.1, 0.15) is 12.1 Å². The maximum atomic E-state index is 11.8. The summed E-state index contributed by atoms with van der Waals surface area (Å²) in [5.74, 6) is 0.312. The molecule has 7 heteroatoms. The molecule has 118 valence electrons. The van der Waals surface area contributed by atoms with E-state index in [0.717, 1.165) is 0 Å². The van der Waals surface area contributed by atoms with Crippen LogP contribution >= 0.6 is 11.3 Å². The van der Waals surface area contributed by atoms with Gasteiger partial charge in [-0.15, -0.1) is 11.3 Å². The second-order valence-electron chi connectivity index (χ2n) is 4.71. The maximum Gasteiger partial charge on any atom is 0.309 e. The number of rotatable bonds is 6. The van der Waals surface area contributed by atoms with E-state index in [4.69, 9.17) is 9.47 Å². The number of para-hydroxylation sites is 1.